The summed E-state index contributed by atoms with van der Waals surface area (Å²) < 4.78 is 5.35. The minimum atomic E-state index is 0.159. The highest BCUT2D eigenvalue weighted by Gasteiger charge is 2.18. The molecule has 0 aromatic carbocycles. The monoisotopic (exact) mass is 356 g/mol. The molecule has 6 nitrogen and oxygen atoms in total. The van der Waals surface area contributed by atoms with Crippen molar-refractivity contribution in [3.63, 3.8) is 0 Å². The molecule has 0 aliphatic carbocycles. The maximum Gasteiger partial charge on any atom is 0.233 e. The lowest BCUT2D eigenvalue weighted by molar-refractivity contribution is -0.129. The second-order valence-corrected chi connectivity index (χ2v) is 6.99. The van der Waals surface area contributed by atoms with Crippen molar-refractivity contribution in [2.24, 2.45) is 0 Å². The van der Waals surface area contributed by atoms with Crippen LogP contribution in [0, 0.1) is 0 Å². The fourth-order valence-electron chi connectivity index (χ4n) is 2.77. The van der Waals surface area contributed by atoms with Gasteiger partial charge in [-0.1, -0.05) is 23.4 Å². The van der Waals surface area contributed by atoms with Crippen molar-refractivity contribution in [2.75, 3.05) is 50.0 Å². The smallest absolute Gasteiger partial charge is 0.233 e. The summed E-state index contributed by atoms with van der Waals surface area (Å²) in [5, 5.41) is 0.971. The highest BCUT2D eigenvalue weighted by molar-refractivity contribution is 7.99. The van der Waals surface area contributed by atoms with Crippen LogP contribution in [0.25, 0.3) is 0 Å². The molecule has 126 valence electrons. The second kappa shape index (κ2) is 8.17. The van der Waals surface area contributed by atoms with Gasteiger partial charge in [0.05, 0.1) is 19.0 Å². The molecular weight excluding hydrogens is 336 g/mol. The highest BCUT2D eigenvalue weighted by atomic mass is 35.5. The summed E-state index contributed by atoms with van der Waals surface area (Å²) in [5.74, 6) is 1.33. The molecular formula is C15H21ClN4O2S. The van der Waals surface area contributed by atoms with Gasteiger partial charge in [-0.15, -0.1) is 0 Å². The van der Waals surface area contributed by atoms with Crippen LogP contribution in [-0.2, 0) is 9.53 Å². The van der Waals surface area contributed by atoms with Crippen LogP contribution in [0.4, 0.5) is 5.82 Å². The zero-order chi connectivity index (χ0) is 16.1. The number of nitrogens with zero attached hydrogens (tertiary/aromatic N) is 4. The van der Waals surface area contributed by atoms with E-state index in [1.165, 1.54) is 18.2 Å². The first-order valence-electron chi connectivity index (χ1n) is 8.00. The Morgan fingerprint density at radius 2 is 1.91 bits per heavy atom. The molecule has 2 aliphatic rings. The zero-order valence-electron chi connectivity index (χ0n) is 13.0. The number of aromatic nitrogens is 2. The summed E-state index contributed by atoms with van der Waals surface area (Å²) >= 11 is 7.47. The summed E-state index contributed by atoms with van der Waals surface area (Å²) in [5.41, 5.74) is 0. The molecule has 0 N–H and O–H groups in total. The topological polar surface area (TPSA) is 58.6 Å². The molecule has 1 aromatic rings. The third kappa shape index (κ3) is 4.71. The number of thioether (sulfide) groups is 1. The fourth-order valence-corrected chi connectivity index (χ4v) is 3.75. The van der Waals surface area contributed by atoms with Gasteiger partial charge in [-0.3, -0.25) is 4.79 Å². The molecule has 3 heterocycles. The number of hydrogen-bond donors (Lipinski definition) is 0. The second-order valence-electron chi connectivity index (χ2n) is 5.66. The molecule has 2 fully saturated rings. The van der Waals surface area contributed by atoms with Crippen LogP contribution >= 0.6 is 23.4 Å². The number of halogens is 1. The fraction of sp³-hybridized carbons (Fsp3) is 0.667. The van der Waals surface area contributed by atoms with Crippen LogP contribution in [0.3, 0.4) is 0 Å². The van der Waals surface area contributed by atoms with E-state index < -0.39 is 0 Å². The minimum absolute atomic E-state index is 0.159. The lowest BCUT2D eigenvalue weighted by Gasteiger charge is -2.28. The summed E-state index contributed by atoms with van der Waals surface area (Å²) in [6.07, 6.45) is 3.42. The van der Waals surface area contributed by atoms with Gasteiger partial charge in [0, 0.05) is 32.2 Å². The Balaban J connectivity index is 1.60. The van der Waals surface area contributed by atoms with Gasteiger partial charge in [0.2, 0.25) is 5.91 Å². The average molecular weight is 357 g/mol. The van der Waals surface area contributed by atoms with E-state index in [4.69, 9.17) is 16.3 Å². The third-order valence-corrected chi connectivity index (χ3v) is 5.06. The SMILES string of the molecule is O=C(CSc1nc(Cl)cc(N2CCOCC2)n1)N1CCCCC1. The quantitative estimate of drug-likeness (QED) is 0.467. The minimum Gasteiger partial charge on any atom is -0.378 e. The van der Waals surface area contributed by atoms with Gasteiger partial charge in [0.25, 0.3) is 0 Å². The van der Waals surface area contributed by atoms with Crippen molar-refractivity contribution in [3.05, 3.63) is 11.2 Å². The lowest BCUT2D eigenvalue weighted by Crippen LogP contribution is -2.37. The summed E-state index contributed by atoms with van der Waals surface area (Å²) in [6.45, 7) is 4.72. The summed E-state index contributed by atoms with van der Waals surface area (Å²) in [7, 11) is 0. The Morgan fingerprint density at radius 1 is 1.17 bits per heavy atom. The number of hydrogen-bond acceptors (Lipinski definition) is 6. The molecule has 1 amide bonds. The largest absolute Gasteiger partial charge is 0.378 e. The van der Waals surface area contributed by atoms with Crippen molar-refractivity contribution in [3.8, 4) is 0 Å². The van der Waals surface area contributed by atoms with Gasteiger partial charge >= 0.3 is 0 Å². The first-order valence-corrected chi connectivity index (χ1v) is 9.36. The first-order chi connectivity index (χ1) is 11.2. The molecule has 3 rings (SSSR count). The average Bonchev–Trinajstić information content (AvgIpc) is 2.61. The molecule has 2 saturated heterocycles. The van der Waals surface area contributed by atoms with Crippen molar-refractivity contribution in [1.29, 1.82) is 0 Å². The Hall–Kier alpha value is -1.05. The van der Waals surface area contributed by atoms with Gasteiger partial charge in [0.15, 0.2) is 5.16 Å². The van der Waals surface area contributed by atoms with E-state index in [1.54, 1.807) is 6.07 Å². The Kier molecular flexibility index (Phi) is 5.96. The lowest BCUT2D eigenvalue weighted by atomic mass is 10.1. The van der Waals surface area contributed by atoms with Crippen LogP contribution in [0.5, 0.6) is 0 Å². The van der Waals surface area contributed by atoms with Crippen LogP contribution in [-0.4, -0.2) is 65.9 Å². The van der Waals surface area contributed by atoms with E-state index in [2.05, 4.69) is 14.9 Å². The predicted molar refractivity (Wildman–Crippen MR) is 91.2 cm³/mol. The van der Waals surface area contributed by atoms with Crippen LogP contribution in [0.2, 0.25) is 5.15 Å². The summed E-state index contributed by atoms with van der Waals surface area (Å²) in [6, 6.07) is 1.77. The number of likely N-dealkylation sites (tertiary alicyclic amines) is 1. The zero-order valence-corrected chi connectivity index (χ0v) is 14.6. The number of amides is 1. The van der Waals surface area contributed by atoms with E-state index in [-0.39, 0.29) is 5.91 Å². The molecule has 8 heteroatoms. The Labute approximate surface area is 145 Å². The number of morpholine rings is 1. The van der Waals surface area contributed by atoms with E-state index in [9.17, 15) is 4.79 Å². The molecule has 2 aliphatic heterocycles. The molecule has 0 saturated carbocycles. The maximum atomic E-state index is 12.2. The van der Waals surface area contributed by atoms with Crippen LogP contribution in [0.15, 0.2) is 11.2 Å². The standard InChI is InChI=1S/C15H21ClN4O2S/c16-12-10-13(19-6-8-22-9-7-19)18-15(17-12)23-11-14(21)20-4-2-1-3-5-20/h10H,1-9,11H2. The number of carbonyl (C=O) groups excluding carboxylic acids is 1. The van der Waals surface area contributed by atoms with Gasteiger partial charge in [0.1, 0.15) is 11.0 Å². The molecule has 0 unspecified atom stereocenters. The first kappa shape index (κ1) is 16.8. The van der Waals surface area contributed by atoms with Crippen molar-refractivity contribution >= 4 is 35.1 Å². The third-order valence-electron chi connectivity index (χ3n) is 4.03. The van der Waals surface area contributed by atoms with Crippen molar-refractivity contribution < 1.29 is 9.53 Å². The van der Waals surface area contributed by atoms with Gasteiger partial charge < -0.3 is 14.5 Å². The number of ether oxygens (including phenoxy) is 1. The van der Waals surface area contributed by atoms with Gasteiger partial charge in [-0.25, -0.2) is 9.97 Å². The molecule has 0 atom stereocenters. The number of carbonyl (C=O) groups is 1. The molecule has 1 aromatic heterocycles. The van der Waals surface area contributed by atoms with E-state index >= 15 is 0 Å². The highest BCUT2D eigenvalue weighted by Crippen LogP contribution is 2.23. The van der Waals surface area contributed by atoms with E-state index in [0.717, 1.165) is 44.8 Å². The van der Waals surface area contributed by atoms with Crippen molar-refractivity contribution in [1.82, 2.24) is 14.9 Å². The maximum absolute atomic E-state index is 12.2. The summed E-state index contributed by atoms with van der Waals surface area (Å²) in [4.78, 5) is 25.1. The Bertz CT molecular complexity index is 548. The number of piperidine rings is 1. The Morgan fingerprint density at radius 3 is 2.65 bits per heavy atom. The van der Waals surface area contributed by atoms with Gasteiger partial charge in [-0.2, -0.15) is 0 Å². The molecule has 0 spiro atoms. The van der Waals surface area contributed by atoms with Crippen molar-refractivity contribution in [2.45, 2.75) is 24.4 Å². The van der Waals surface area contributed by atoms with Crippen LogP contribution in [0.1, 0.15) is 19.3 Å². The van der Waals surface area contributed by atoms with Crippen LogP contribution < -0.4 is 4.90 Å². The predicted octanol–water partition coefficient (Wildman–Crippen LogP) is 2.07. The molecule has 0 bridgehead atoms. The van der Waals surface area contributed by atoms with E-state index in [0.29, 0.717) is 29.3 Å². The molecule has 23 heavy (non-hydrogen) atoms. The van der Waals surface area contributed by atoms with E-state index in [1.807, 2.05) is 4.90 Å². The number of rotatable bonds is 4. The number of anilines is 1. The molecule has 0 radical (unpaired) electrons. The van der Waals surface area contributed by atoms with Gasteiger partial charge in [-0.05, 0) is 19.3 Å². The normalized spacial score (nSPS) is 19.0.